The van der Waals surface area contributed by atoms with Crippen molar-refractivity contribution in [2.75, 3.05) is 4.90 Å². The van der Waals surface area contributed by atoms with Gasteiger partial charge in [-0.15, -0.1) is 11.3 Å². The number of rotatable bonds is 4. The summed E-state index contributed by atoms with van der Waals surface area (Å²) in [6, 6.07) is 19.5. The number of aromatic nitrogens is 1. The average Bonchev–Trinajstić information content (AvgIpc) is 3.41. The highest BCUT2D eigenvalue weighted by Gasteiger charge is 2.25. The molecular weight excluding hydrogens is 441 g/mol. The molecule has 6 nitrogen and oxygen atoms in total. The predicted molar refractivity (Wildman–Crippen MR) is 126 cm³/mol. The normalized spacial score (nSPS) is 14.4. The van der Waals surface area contributed by atoms with E-state index in [4.69, 9.17) is 4.74 Å². The molecule has 0 fully saturated rings. The highest BCUT2D eigenvalue weighted by atomic mass is 32.1. The van der Waals surface area contributed by atoms with Gasteiger partial charge in [0.1, 0.15) is 5.82 Å². The quantitative estimate of drug-likeness (QED) is 0.301. The summed E-state index contributed by atoms with van der Waals surface area (Å²) in [5.41, 5.74) is 1.30. The van der Waals surface area contributed by atoms with Crippen molar-refractivity contribution in [2.24, 2.45) is 4.99 Å². The van der Waals surface area contributed by atoms with E-state index >= 15 is 0 Å². The first-order valence-electron chi connectivity index (χ1n) is 10.0. The van der Waals surface area contributed by atoms with Crippen LogP contribution in [0.4, 0.5) is 15.2 Å². The summed E-state index contributed by atoms with van der Waals surface area (Å²) in [6.45, 7) is 1.33. The van der Waals surface area contributed by atoms with Crippen LogP contribution >= 0.6 is 11.3 Å². The van der Waals surface area contributed by atoms with Gasteiger partial charge in [-0.2, -0.15) is 0 Å². The number of amides is 1. The van der Waals surface area contributed by atoms with Crippen LogP contribution in [0.25, 0.3) is 16.8 Å². The number of nitrogens with zero attached hydrogens (tertiary/aromatic N) is 3. The van der Waals surface area contributed by atoms with E-state index in [0.717, 1.165) is 22.1 Å². The number of benzene rings is 3. The molecule has 4 aromatic rings. The standard InChI is InChI=1S/C25H16FN3O3S/c1-15(30)29(22-9-5-4-8-20(22)26)25-27-19(14-33-25)13-21-24(31)32-23(28-21)18-11-10-16-6-2-3-7-17(16)12-18/h2-14H,1H3/b21-13+. The zero-order chi connectivity index (χ0) is 22.9. The minimum absolute atomic E-state index is 0.0928. The summed E-state index contributed by atoms with van der Waals surface area (Å²) in [7, 11) is 0. The maximum absolute atomic E-state index is 14.3. The van der Waals surface area contributed by atoms with Gasteiger partial charge in [-0.1, -0.05) is 42.5 Å². The number of ether oxygens (including phenoxy) is 1. The van der Waals surface area contributed by atoms with Crippen LogP contribution in [0.2, 0.25) is 0 Å². The third kappa shape index (κ3) is 4.04. The van der Waals surface area contributed by atoms with Gasteiger partial charge in [0, 0.05) is 17.9 Å². The Hall–Kier alpha value is -4.17. The largest absolute Gasteiger partial charge is 0.402 e. The second kappa shape index (κ2) is 8.40. The number of cyclic esters (lactones) is 1. The topological polar surface area (TPSA) is 71.9 Å². The molecule has 1 amide bonds. The zero-order valence-electron chi connectivity index (χ0n) is 17.4. The van der Waals surface area contributed by atoms with E-state index in [9.17, 15) is 14.0 Å². The second-order valence-electron chi connectivity index (χ2n) is 7.26. The van der Waals surface area contributed by atoms with Gasteiger partial charge < -0.3 is 4.74 Å². The smallest absolute Gasteiger partial charge is 0.363 e. The fourth-order valence-corrected chi connectivity index (χ4v) is 4.32. The summed E-state index contributed by atoms with van der Waals surface area (Å²) in [5, 5.41) is 4.02. The molecule has 0 bridgehead atoms. The molecule has 1 aliphatic heterocycles. The second-order valence-corrected chi connectivity index (χ2v) is 8.10. The lowest BCUT2D eigenvalue weighted by Gasteiger charge is -2.18. The number of esters is 1. The molecule has 2 heterocycles. The van der Waals surface area contributed by atoms with Crippen molar-refractivity contribution in [3.8, 4) is 0 Å². The summed E-state index contributed by atoms with van der Waals surface area (Å²) < 4.78 is 19.6. The number of hydrogen-bond donors (Lipinski definition) is 0. The number of carbonyl (C=O) groups excluding carboxylic acids is 2. The molecule has 1 aromatic heterocycles. The van der Waals surface area contributed by atoms with E-state index in [1.807, 2.05) is 42.5 Å². The zero-order valence-corrected chi connectivity index (χ0v) is 18.2. The molecule has 0 radical (unpaired) electrons. The minimum Gasteiger partial charge on any atom is -0.402 e. The number of fused-ring (bicyclic) bond motifs is 1. The molecule has 5 rings (SSSR count). The van der Waals surface area contributed by atoms with E-state index in [-0.39, 0.29) is 28.3 Å². The number of anilines is 2. The summed E-state index contributed by atoms with van der Waals surface area (Å²) in [6.07, 6.45) is 1.48. The van der Waals surface area contributed by atoms with Crippen LogP contribution in [0.15, 0.2) is 82.8 Å². The minimum atomic E-state index is -0.592. The van der Waals surface area contributed by atoms with E-state index in [0.29, 0.717) is 11.3 Å². The Morgan fingerprint density at radius 1 is 1.06 bits per heavy atom. The molecule has 162 valence electrons. The van der Waals surface area contributed by atoms with Crippen molar-refractivity contribution in [1.82, 2.24) is 4.98 Å². The Kier molecular flexibility index (Phi) is 5.27. The molecule has 33 heavy (non-hydrogen) atoms. The molecule has 0 atom stereocenters. The van der Waals surface area contributed by atoms with E-state index in [1.54, 1.807) is 17.5 Å². The van der Waals surface area contributed by atoms with Crippen molar-refractivity contribution in [2.45, 2.75) is 6.92 Å². The first kappa shape index (κ1) is 20.7. The first-order chi connectivity index (χ1) is 16.0. The van der Waals surface area contributed by atoms with E-state index < -0.39 is 11.8 Å². The van der Waals surface area contributed by atoms with Gasteiger partial charge in [0.05, 0.1) is 11.4 Å². The monoisotopic (exact) mass is 457 g/mol. The molecule has 3 aromatic carbocycles. The highest BCUT2D eigenvalue weighted by Crippen LogP contribution is 2.31. The highest BCUT2D eigenvalue weighted by molar-refractivity contribution is 7.14. The van der Waals surface area contributed by atoms with Crippen molar-refractivity contribution in [3.05, 3.63) is 94.9 Å². The molecule has 8 heteroatoms. The predicted octanol–water partition coefficient (Wildman–Crippen LogP) is 5.46. The van der Waals surface area contributed by atoms with Gasteiger partial charge in [0.25, 0.3) is 0 Å². The fourth-order valence-electron chi connectivity index (χ4n) is 3.48. The number of carbonyl (C=O) groups is 2. The lowest BCUT2D eigenvalue weighted by atomic mass is 10.1. The van der Waals surface area contributed by atoms with E-state index in [1.165, 1.54) is 30.0 Å². The Labute approximate surface area is 192 Å². The molecule has 0 N–H and O–H groups in total. The number of thiazole rings is 1. The van der Waals surface area contributed by atoms with Crippen LogP contribution in [0.5, 0.6) is 0 Å². The average molecular weight is 457 g/mol. The lowest BCUT2D eigenvalue weighted by molar-refractivity contribution is -0.130. The maximum Gasteiger partial charge on any atom is 0.363 e. The number of halogens is 1. The molecule has 0 saturated carbocycles. The summed E-state index contributed by atoms with van der Waals surface area (Å²) >= 11 is 1.15. The van der Waals surface area contributed by atoms with Crippen molar-refractivity contribution >= 4 is 56.8 Å². The van der Waals surface area contributed by atoms with Gasteiger partial charge in [-0.25, -0.2) is 19.2 Å². The Morgan fingerprint density at radius 3 is 2.61 bits per heavy atom. The molecular formula is C25H16FN3O3S. The van der Waals surface area contributed by atoms with Crippen molar-refractivity contribution in [3.63, 3.8) is 0 Å². The van der Waals surface area contributed by atoms with Crippen molar-refractivity contribution < 1.29 is 18.7 Å². The Morgan fingerprint density at radius 2 is 1.82 bits per heavy atom. The maximum atomic E-state index is 14.3. The first-order valence-corrected chi connectivity index (χ1v) is 10.9. The molecule has 0 saturated heterocycles. The van der Waals surface area contributed by atoms with Crippen LogP contribution in [0.1, 0.15) is 18.2 Å². The van der Waals surface area contributed by atoms with Gasteiger partial charge in [0.15, 0.2) is 10.8 Å². The lowest BCUT2D eigenvalue weighted by Crippen LogP contribution is -2.23. The van der Waals surface area contributed by atoms with Crippen molar-refractivity contribution in [1.29, 1.82) is 0 Å². The van der Waals surface area contributed by atoms with Crippen LogP contribution in [0.3, 0.4) is 0 Å². The molecule has 0 unspecified atom stereocenters. The third-order valence-electron chi connectivity index (χ3n) is 5.01. The molecule has 0 spiro atoms. The van der Waals surface area contributed by atoms with Gasteiger partial charge in [0.2, 0.25) is 11.8 Å². The fraction of sp³-hybridized carbons (Fsp3) is 0.0400. The van der Waals surface area contributed by atoms with Gasteiger partial charge in [-0.05, 0) is 41.1 Å². The summed E-state index contributed by atoms with van der Waals surface area (Å²) in [5.74, 6) is -1.30. The SMILES string of the molecule is CC(=O)N(c1nc(/C=C2/N=C(c3ccc4ccccc4c3)OC2=O)cs1)c1ccccc1F. The Balaban J connectivity index is 1.46. The Bertz CT molecular complexity index is 1470. The van der Waals surface area contributed by atoms with Gasteiger partial charge in [-0.3, -0.25) is 9.69 Å². The molecule has 0 aliphatic carbocycles. The van der Waals surface area contributed by atoms with Gasteiger partial charge >= 0.3 is 5.97 Å². The molecule has 1 aliphatic rings. The van der Waals surface area contributed by atoms with Crippen LogP contribution in [-0.4, -0.2) is 22.8 Å². The van der Waals surface area contributed by atoms with Crippen LogP contribution < -0.4 is 4.90 Å². The number of para-hydroxylation sites is 1. The number of hydrogen-bond acceptors (Lipinski definition) is 6. The van der Waals surface area contributed by atoms with Crippen LogP contribution in [0, 0.1) is 5.82 Å². The number of aliphatic imine (C=N–C) groups is 1. The van der Waals surface area contributed by atoms with E-state index in [2.05, 4.69) is 9.98 Å². The third-order valence-corrected chi connectivity index (χ3v) is 5.85. The van der Waals surface area contributed by atoms with Crippen LogP contribution in [-0.2, 0) is 14.3 Å². The summed E-state index contributed by atoms with van der Waals surface area (Å²) in [4.78, 5) is 34.5.